The molecule has 0 aliphatic rings. The summed E-state index contributed by atoms with van der Waals surface area (Å²) in [6, 6.07) is 13.8. The van der Waals surface area contributed by atoms with Crippen molar-refractivity contribution >= 4 is 29.3 Å². The van der Waals surface area contributed by atoms with Crippen molar-refractivity contribution in [1.82, 2.24) is 5.32 Å². The van der Waals surface area contributed by atoms with Gasteiger partial charge >= 0.3 is 0 Å². The molecule has 0 bridgehead atoms. The Bertz CT molecular complexity index is 655. The topological polar surface area (TPSA) is 29.1 Å². The maximum absolute atomic E-state index is 12.1. The SMILES string of the molecule is Cc1ccc([C@H](C)NC(=O)CSc2ccc(Cl)cc2)c(C)c1. The minimum atomic E-state index is 0.0129. The Morgan fingerprint density at radius 1 is 1.18 bits per heavy atom. The lowest BCUT2D eigenvalue weighted by atomic mass is 10.0. The fourth-order valence-electron chi connectivity index (χ4n) is 2.35. The molecule has 0 unspecified atom stereocenters. The lowest BCUT2D eigenvalue weighted by molar-refractivity contribution is -0.119. The first kappa shape index (κ1) is 16.9. The molecule has 1 amide bonds. The van der Waals surface area contributed by atoms with E-state index < -0.39 is 0 Å². The van der Waals surface area contributed by atoms with Crippen molar-refractivity contribution in [3.8, 4) is 0 Å². The monoisotopic (exact) mass is 333 g/mol. The fraction of sp³-hybridized carbons (Fsp3) is 0.278. The first-order chi connectivity index (χ1) is 10.5. The maximum Gasteiger partial charge on any atom is 0.230 e. The van der Waals surface area contributed by atoms with E-state index in [-0.39, 0.29) is 11.9 Å². The van der Waals surface area contributed by atoms with Crippen LogP contribution in [-0.2, 0) is 4.79 Å². The van der Waals surface area contributed by atoms with Crippen molar-refractivity contribution in [2.24, 2.45) is 0 Å². The predicted octanol–water partition coefficient (Wildman–Crippen LogP) is 4.93. The van der Waals surface area contributed by atoms with Crippen molar-refractivity contribution < 1.29 is 4.79 Å². The lowest BCUT2D eigenvalue weighted by Crippen LogP contribution is -2.28. The molecule has 0 spiro atoms. The van der Waals surface area contributed by atoms with Crippen LogP contribution in [0, 0.1) is 13.8 Å². The van der Waals surface area contributed by atoms with Gasteiger partial charge in [0.15, 0.2) is 0 Å². The predicted molar refractivity (Wildman–Crippen MR) is 94.6 cm³/mol. The summed E-state index contributed by atoms with van der Waals surface area (Å²) in [6.45, 7) is 6.17. The Balaban J connectivity index is 1.89. The van der Waals surface area contributed by atoms with E-state index >= 15 is 0 Å². The standard InChI is InChI=1S/C18H20ClNOS/c1-12-4-9-17(13(2)10-12)14(3)20-18(21)11-22-16-7-5-15(19)6-8-16/h4-10,14H,11H2,1-3H3,(H,20,21)/t14-/m0/s1. The number of aryl methyl sites for hydroxylation is 2. The number of benzene rings is 2. The van der Waals surface area contributed by atoms with E-state index in [0.717, 1.165) is 10.5 Å². The Labute approximate surface area is 141 Å². The van der Waals surface area contributed by atoms with Gasteiger partial charge in [-0.1, -0.05) is 35.4 Å². The van der Waals surface area contributed by atoms with E-state index in [4.69, 9.17) is 11.6 Å². The Morgan fingerprint density at radius 3 is 2.50 bits per heavy atom. The van der Waals surface area contributed by atoms with Gasteiger partial charge in [-0.2, -0.15) is 0 Å². The van der Waals surface area contributed by atoms with Gasteiger partial charge in [0.1, 0.15) is 0 Å². The number of hydrogen-bond acceptors (Lipinski definition) is 2. The van der Waals surface area contributed by atoms with Crippen LogP contribution in [0.5, 0.6) is 0 Å². The highest BCUT2D eigenvalue weighted by atomic mass is 35.5. The number of halogens is 1. The zero-order valence-electron chi connectivity index (χ0n) is 13.0. The molecule has 22 heavy (non-hydrogen) atoms. The highest BCUT2D eigenvalue weighted by Crippen LogP contribution is 2.21. The molecule has 0 aliphatic carbocycles. The molecule has 4 heteroatoms. The van der Waals surface area contributed by atoms with Crippen LogP contribution in [0.2, 0.25) is 5.02 Å². The molecule has 0 aromatic heterocycles. The van der Waals surface area contributed by atoms with Gasteiger partial charge < -0.3 is 5.32 Å². The molecule has 1 N–H and O–H groups in total. The molecule has 0 aliphatic heterocycles. The van der Waals surface area contributed by atoms with Crippen molar-refractivity contribution in [3.05, 3.63) is 64.2 Å². The molecular weight excluding hydrogens is 314 g/mol. The second-order valence-electron chi connectivity index (χ2n) is 5.39. The van der Waals surface area contributed by atoms with Crippen LogP contribution in [0.4, 0.5) is 0 Å². The van der Waals surface area contributed by atoms with Crippen molar-refractivity contribution in [1.29, 1.82) is 0 Å². The number of nitrogens with one attached hydrogen (secondary N) is 1. The van der Waals surface area contributed by atoms with Gasteiger partial charge in [0, 0.05) is 9.92 Å². The fourth-order valence-corrected chi connectivity index (χ4v) is 3.19. The molecule has 2 aromatic carbocycles. The molecule has 0 heterocycles. The summed E-state index contributed by atoms with van der Waals surface area (Å²) in [6.07, 6.45) is 0. The number of amides is 1. The molecule has 1 atom stereocenters. The van der Waals surface area contributed by atoms with Crippen LogP contribution in [0.25, 0.3) is 0 Å². The quantitative estimate of drug-likeness (QED) is 0.786. The van der Waals surface area contributed by atoms with E-state index in [2.05, 4.69) is 37.4 Å². The van der Waals surface area contributed by atoms with Gasteiger partial charge in [-0.05, 0) is 56.2 Å². The summed E-state index contributed by atoms with van der Waals surface area (Å²) in [5.74, 6) is 0.434. The summed E-state index contributed by atoms with van der Waals surface area (Å²) in [4.78, 5) is 13.1. The van der Waals surface area contributed by atoms with Crippen LogP contribution in [0.15, 0.2) is 47.4 Å². The van der Waals surface area contributed by atoms with Crippen molar-refractivity contribution in [2.45, 2.75) is 31.7 Å². The van der Waals surface area contributed by atoms with E-state index in [0.29, 0.717) is 10.8 Å². The first-order valence-corrected chi connectivity index (χ1v) is 8.57. The van der Waals surface area contributed by atoms with Gasteiger partial charge in [-0.15, -0.1) is 11.8 Å². The van der Waals surface area contributed by atoms with Gasteiger partial charge in [0.25, 0.3) is 0 Å². The summed E-state index contributed by atoms with van der Waals surface area (Å²) >= 11 is 7.36. The average molecular weight is 334 g/mol. The molecule has 0 saturated carbocycles. The van der Waals surface area contributed by atoms with E-state index in [1.807, 2.05) is 31.2 Å². The zero-order valence-corrected chi connectivity index (χ0v) is 14.6. The number of hydrogen-bond donors (Lipinski definition) is 1. The van der Waals surface area contributed by atoms with Crippen molar-refractivity contribution in [3.63, 3.8) is 0 Å². The highest BCUT2D eigenvalue weighted by Gasteiger charge is 2.12. The number of carbonyl (C=O) groups is 1. The summed E-state index contributed by atoms with van der Waals surface area (Å²) < 4.78 is 0. The molecule has 116 valence electrons. The van der Waals surface area contributed by atoms with Gasteiger partial charge in [0.05, 0.1) is 11.8 Å². The average Bonchev–Trinajstić information content (AvgIpc) is 2.46. The van der Waals surface area contributed by atoms with Crippen LogP contribution >= 0.6 is 23.4 Å². The van der Waals surface area contributed by atoms with Crippen LogP contribution in [0.3, 0.4) is 0 Å². The number of carbonyl (C=O) groups excluding carboxylic acids is 1. The van der Waals surface area contributed by atoms with Crippen LogP contribution in [-0.4, -0.2) is 11.7 Å². The van der Waals surface area contributed by atoms with Crippen LogP contribution in [0.1, 0.15) is 29.7 Å². The first-order valence-electron chi connectivity index (χ1n) is 7.20. The molecule has 0 fully saturated rings. The van der Waals surface area contributed by atoms with Gasteiger partial charge in [-0.25, -0.2) is 0 Å². The lowest BCUT2D eigenvalue weighted by Gasteiger charge is -2.17. The third-order valence-electron chi connectivity index (χ3n) is 3.45. The summed E-state index contributed by atoms with van der Waals surface area (Å²) in [7, 11) is 0. The van der Waals surface area contributed by atoms with Gasteiger partial charge in [0.2, 0.25) is 5.91 Å². The van der Waals surface area contributed by atoms with E-state index in [9.17, 15) is 4.79 Å². The molecule has 0 radical (unpaired) electrons. The normalized spacial score (nSPS) is 12.0. The molecule has 0 saturated heterocycles. The largest absolute Gasteiger partial charge is 0.349 e. The number of rotatable bonds is 5. The van der Waals surface area contributed by atoms with Crippen molar-refractivity contribution in [2.75, 3.05) is 5.75 Å². The third kappa shape index (κ3) is 4.79. The second kappa shape index (κ2) is 7.70. The van der Waals surface area contributed by atoms with E-state index in [1.165, 1.54) is 22.9 Å². The Hall–Kier alpha value is -1.45. The zero-order chi connectivity index (χ0) is 16.1. The van der Waals surface area contributed by atoms with E-state index in [1.54, 1.807) is 0 Å². The number of thioether (sulfide) groups is 1. The minimum absolute atomic E-state index is 0.0129. The Morgan fingerprint density at radius 2 is 1.86 bits per heavy atom. The molecule has 2 aromatic rings. The third-order valence-corrected chi connectivity index (χ3v) is 4.72. The molecular formula is C18H20ClNOS. The highest BCUT2D eigenvalue weighted by molar-refractivity contribution is 8.00. The maximum atomic E-state index is 12.1. The Kier molecular flexibility index (Phi) is 5.92. The smallest absolute Gasteiger partial charge is 0.230 e. The summed E-state index contributed by atoms with van der Waals surface area (Å²) in [5, 5.41) is 3.76. The minimum Gasteiger partial charge on any atom is -0.349 e. The molecule has 2 rings (SSSR count). The molecule has 2 nitrogen and oxygen atoms in total. The summed E-state index contributed by atoms with van der Waals surface area (Å²) in [5.41, 5.74) is 3.60. The van der Waals surface area contributed by atoms with Gasteiger partial charge in [-0.3, -0.25) is 4.79 Å². The second-order valence-corrected chi connectivity index (χ2v) is 6.88. The van der Waals surface area contributed by atoms with Crippen LogP contribution < -0.4 is 5.32 Å².